The highest BCUT2D eigenvalue weighted by molar-refractivity contribution is 7.99. The first-order valence-electron chi connectivity index (χ1n) is 7.90. The molecular formula is C16H15Cl2N5O2S. The highest BCUT2D eigenvalue weighted by Gasteiger charge is 2.38. The lowest BCUT2D eigenvalue weighted by Crippen LogP contribution is -2.25. The van der Waals surface area contributed by atoms with E-state index in [0.29, 0.717) is 39.6 Å². The van der Waals surface area contributed by atoms with E-state index in [4.69, 9.17) is 23.2 Å². The van der Waals surface area contributed by atoms with Gasteiger partial charge in [0.1, 0.15) is 0 Å². The maximum Gasteiger partial charge on any atom is 0.203 e. The van der Waals surface area contributed by atoms with Crippen LogP contribution in [0.5, 0.6) is 0 Å². The third kappa shape index (κ3) is 3.12. The lowest BCUT2D eigenvalue weighted by Gasteiger charge is -2.14. The Hall–Kier alpha value is -1.58. The van der Waals surface area contributed by atoms with E-state index in [1.165, 1.54) is 11.8 Å². The number of fused-ring (bicyclic) bond motifs is 1. The number of aliphatic hydroxyl groups excluding tert-OH is 2. The van der Waals surface area contributed by atoms with Gasteiger partial charge in [-0.05, 0) is 12.1 Å². The van der Waals surface area contributed by atoms with Crippen LogP contribution in [0.25, 0.3) is 5.65 Å². The van der Waals surface area contributed by atoms with Gasteiger partial charge in [0.15, 0.2) is 11.6 Å². The number of hydrogen-bond donors (Lipinski definition) is 3. The number of hydrogen-bond acceptors (Lipinski definition) is 7. The number of aliphatic hydroxyl groups is 2. The van der Waals surface area contributed by atoms with Gasteiger partial charge in [-0.15, -0.1) is 22.0 Å². The van der Waals surface area contributed by atoms with Gasteiger partial charge in [0, 0.05) is 40.3 Å². The van der Waals surface area contributed by atoms with Crippen LogP contribution in [-0.4, -0.2) is 47.8 Å². The van der Waals surface area contributed by atoms with E-state index in [1.807, 2.05) is 0 Å². The molecule has 7 nitrogen and oxygen atoms in total. The Kier molecular flexibility index (Phi) is 4.94. The number of rotatable bonds is 4. The number of halogens is 2. The Bertz CT molecular complexity index is 933. The van der Waals surface area contributed by atoms with Crippen molar-refractivity contribution >= 4 is 46.4 Å². The van der Waals surface area contributed by atoms with Gasteiger partial charge in [0.2, 0.25) is 5.65 Å². The molecule has 3 N–H and O–H groups in total. The van der Waals surface area contributed by atoms with Gasteiger partial charge in [-0.2, -0.15) is 0 Å². The molecule has 3 heterocycles. The summed E-state index contributed by atoms with van der Waals surface area (Å²) in [7, 11) is 0. The van der Waals surface area contributed by atoms with Crippen LogP contribution in [0.2, 0.25) is 10.0 Å². The average Bonchev–Trinajstić information content (AvgIpc) is 3.19. The molecule has 1 fully saturated rings. The minimum Gasteiger partial charge on any atom is -0.390 e. The molecule has 3 atom stereocenters. The summed E-state index contributed by atoms with van der Waals surface area (Å²) in [6.07, 6.45) is 1.72. The van der Waals surface area contributed by atoms with Crippen molar-refractivity contribution in [2.45, 2.75) is 24.0 Å². The first-order chi connectivity index (χ1) is 12.6. The second-order valence-corrected chi connectivity index (χ2v) is 7.88. The van der Waals surface area contributed by atoms with Crippen LogP contribution in [-0.2, 0) is 6.54 Å². The maximum absolute atomic E-state index is 10.2. The molecule has 1 aliphatic heterocycles. The van der Waals surface area contributed by atoms with Crippen LogP contribution in [0.4, 0.5) is 5.82 Å². The highest BCUT2D eigenvalue weighted by atomic mass is 35.5. The number of thioether (sulfide) groups is 1. The topological polar surface area (TPSA) is 95.6 Å². The summed E-state index contributed by atoms with van der Waals surface area (Å²) in [4.78, 5) is 4.32. The highest BCUT2D eigenvalue weighted by Crippen LogP contribution is 2.39. The molecule has 0 radical (unpaired) electrons. The molecule has 3 aromatic rings. The second-order valence-electron chi connectivity index (χ2n) is 5.89. The minimum atomic E-state index is -0.876. The number of benzene rings is 1. The van der Waals surface area contributed by atoms with E-state index in [2.05, 4.69) is 20.5 Å². The molecule has 1 aliphatic rings. The molecule has 0 bridgehead atoms. The van der Waals surface area contributed by atoms with Gasteiger partial charge in [-0.25, -0.2) is 4.98 Å². The number of nitrogens with zero attached hydrogens (tertiary/aromatic N) is 4. The van der Waals surface area contributed by atoms with Crippen LogP contribution in [0, 0.1) is 0 Å². The van der Waals surface area contributed by atoms with Gasteiger partial charge in [0.25, 0.3) is 0 Å². The van der Waals surface area contributed by atoms with Gasteiger partial charge in [-0.1, -0.05) is 29.3 Å². The average molecular weight is 412 g/mol. The van der Waals surface area contributed by atoms with Crippen LogP contribution >= 0.6 is 35.0 Å². The lowest BCUT2D eigenvalue weighted by molar-refractivity contribution is 0.0404. The minimum absolute atomic E-state index is 0.340. The van der Waals surface area contributed by atoms with Gasteiger partial charge in [0.05, 0.1) is 17.5 Å². The van der Waals surface area contributed by atoms with Crippen molar-refractivity contribution in [3.63, 3.8) is 0 Å². The molecule has 0 amide bonds. The predicted molar refractivity (Wildman–Crippen MR) is 102 cm³/mol. The molecule has 1 aromatic carbocycles. The van der Waals surface area contributed by atoms with E-state index in [1.54, 1.807) is 35.0 Å². The van der Waals surface area contributed by atoms with Crippen LogP contribution in [0.3, 0.4) is 0 Å². The summed E-state index contributed by atoms with van der Waals surface area (Å²) in [5, 5.41) is 32.3. The van der Waals surface area contributed by atoms with Crippen molar-refractivity contribution in [3.05, 3.63) is 52.0 Å². The summed E-state index contributed by atoms with van der Waals surface area (Å²) in [5.41, 5.74) is 1.30. The SMILES string of the molecule is O[C@@H]1[C@H](O)CS[C@H]1c1nnc2c(NCc3c(Cl)cccc3Cl)nccn12. The zero-order valence-electron chi connectivity index (χ0n) is 13.4. The van der Waals surface area contributed by atoms with E-state index >= 15 is 0 Å². The van der Waals surface area contributed by atoms with Crippen molar-refractivity contribution in [3.8, 4) is 0 Å². The fourth-order valence-corrected chi connectivity index (χ4v) is 4.69. The third-order valence-electron chi connectivity index (χ3n) is 4.25. The Balaban J connectivity index is 1.63. The normalized spacial score (nSPS) is 22.8. The summed E-state index contributed by atoms with van der Waals surface area (Å²) < 4.78 is 1.77. The summed E-state index contributed by atoms with van der Waals surface area (Å²) in [6, 6.07) is 5.34. The van der Waals surface area contributed by atoms with E-state index in [0.717, 1.165) is 5.56 Å². The quantitative estimate of drug-likeness (QED) is 0.606. The standard InChI is InChI=1S/C16H15Cl2N5O2S/c17-9-2-1-3-10(18)8(9)6-20-14-16-22-21-15(23(16)5-4-19-14)13-12(25)11(24)7-26-13/h1-5,11-13,24-25H,6-7H2,(H,19,20)/t11-,12-,13-/m1/s1. The molecule has 10 heteroatoms. The lowest BCUT2D eigenvalue weighted by atomic mass is 10.1. The molecule has 2 aromatic heterocycles. The molecule has 0 spiro atoms. The van der Waals surface area contributed by atoms with E-state index < -0.39 is 12.2 Å². The Morgan fingerprint density at radius 3 is 2.69 bits per heavy atom. The first kappa shape index (κ1) is 17.8. The summed E-state index contributed by atoms with van der Waals surface area (Å²) in [5.74, 6) is 1.57. The Labute approximate surface area is 163 Å². The zero-order chi connectivity index (χ0) is 18.3. The monoisotopic (exact) mass is 411 g/mol. The summed E-state index contributed by atoms with van der Waals surface area (Å²) in [6.45, 7) is 0.382. The molecular weight excluding hydrogens is 397 g/mol. The van der Waals surface area contributed by atoms with Crippen molar-refractivity contribution in [1.29, 1.82) is 0 Å². The fraction of sp³-hybridized carbons (Fsp3) is 0.312. The number of aromatic nitrogens is 4. The maximum atomic E-state index is 10.2. The van der Waals surface area contributed by atoms with Crippen molar-refractivity contribution in [2.24, 2.45) is 0 Å². The molecule has 26 heavy (non-hydrogen) atoms. The van der Waals surface area contributed by atoms with E-state index in [9.17, 15) is 10.2 Å². The largest absolute Gasteiger partial charge is 0.390 e. The molecule has 0 unspecified atom stereocenters. The smallest absolute Gasteiger partial charge is 0.203 e. The molecule has 136 valence electrons. The summed E-state index contributed by atoms with van der Waals surface area (Å²) >= 11 is 13.9. The second kappa shape index (κ2) is 7.21. The first-order valence-corrected chi connectivity index (χ1v) is 9.71. The molecule has 0 saturated carbocycles. The van der Waals surface area contributed by atoms with Gasteiger partial charge < -0.3 is 15.5 Å². The van der Waals surface area contributed by atoms with Crippen molar-refractivity contribution in [2.75, 3.05) is 11.1 Å². The molecule has 4 rings (SSSR count). The molecule has 0 aliphatic carbocycles. The Morgan fingerprint density at radius 1 is 1.23 bits per heavy atom. The third-order valence-corrected chi connectivity index (χ3v) is 6.34. The molecule has 1 saturated heterocycles. The fourth-order valence-electron chi connectivity index (χ4n) is 2.86. The van der Waals surface area contributed by atoms with Crippen LogP contribution < -0.4 is 5.32 Å². The van der Waals surface area contributed by atoms with Crippen LogP contribution in [0.15, 0.2) is 30.6 Å². The van der Waals surface area contributed by atoms with E-state index in [-0.39, 0.29) is 5.25 Å². The number of anilines is 1. The number of nitrogens with one attached hydrogen (secondary N) is 1. The van der Waals surface area contributed by atoms with Gasteiger partial charge in [-0.3, -0.25) is 4.40 Å². The van der Waals surface area contributed by atoms with Crippen molar-refractivity contribution in [1.82, 2.24) is 19.6 Å². The van der Waals surface area contributed by atoms with Gasteiger partial charge >= 0.3 is 0 Å². The zero-order valence-corrected chi connectivity index (χ0v) is 15.7. The Morgan fingerprint density at radius 2 is 2.00 bits per heavy atom. The van der Waals surface area contributed by atoms with Crippen LogP contribution in [0.1, 0.15) is 16.6 Å². The van der Waals surface area contributed by atoms with Crippen molar-refractivity contribution < 1.29 is 10.2 Å². The predicted octanol–water partition coefficient (Wildman–Crippen LogP) is 2.55.